The number of benzene rings is 1. The van der Waals surface area contributed by atoms with E-state index in [4.69, 9.17) is 17.3 Å². The Hall–Kier alpha value is -1.03. The standard InChI is InChI=1S/C15H17ClN2S/c16-14-6-3-11(8-15(14)17)9-18(12-4-5-12)10-13-2-1-7-19-13/h1-3,6-8,12H,4-5,9-10,17H2. The van der Waals surface area contributed by atoms with E-state index in [1.54, 1.807) is 0 Å². The predicted molar refractivity (Wildman–Crippen MR) is 82.5 cm³/mol. The van der Waals surface area contributed by atoms with E-state index in [0.717, 1.165) is 19.1 Å². The second-order valence-corrected chi connectivity index (χ2v) is 6.51. The Morgan fingerprint density at radius 1 is 1.26 bits per heavy atom. The van der Waals surface area contributed by atoms with E-state index in [0.29, 0.717) is 10.7 Å². The number of hydrogen-bond donors (Lipinski definition) is 1. The molecule has 1 aromatic carbocycles. The van der Waals surface area contributed by atoms with Gasteiger partial charge in [-0.25, -0.2) is 0 Å². The summed E-state index contributed by atoms with van der Waals surface area (Å²) in [6.07, 6.45) is 2.63. The van der Waals surface area contributed by atoms with Gasteiger partial charge in [0.05, 0.1) is 10.7 Å². The zero-order chi connectivity index (χ0) is 13.2. The van der Waals surface area contributed by atoms with Gasteiger partial charge in [-0.05, 0) is 42.0 Å². The van der Waals surface area contributed by atoms with Crippen molar-refractivity contribution in [1.82, 2.24) is 4.90 Å². The predicted octanol–water partition coefficient (Wildman–Crippen LogP) is 4.15. The van der Waals surface area contributed by atoms with Crippen LogP contribution in [0.2, 0.25) is 5.02 Å². The zero-order valence-corrected chi connectivity index (χ0v) is 12.3. The van der Waals surface area contributed by atoms with Crippen LogP contribution in [-0.4, -0.2) is 10.9 Å². The van der Waals surface area contributed by atoms with Crippen molar-refractivity contribution in [2.45, 2.75) is 32.0 Å². The van der Waals surface area contributed by atoms with Crippen molar-refractivity contribution in [2.24, 2.45) is 0 Å². The molecule has 3 rings (SSSR count). The van der Waals surface area contributed by atoms with Crippen molar-refractivity contribution < 1.29 is 0 Å². The van der Waals surface area contributed by atoms with Gasteiger partial charge in [-0.3, -0.25) is 4.90 Å². The van der Waals surface area contributed by atoms with Gasteiger partial charge in [0.15, 0.2) is 0 Å². The number of anilines is 1. The van der Waals surface area contributed by atoms with Gasteiger partial charge >= 0.3 is 0 Å². The van der Waals surface area contributed by atoms with Crippen LogP contribution in [0.15, 0.2) is 35.7 Å². The molecule has 0 atom stereocenters. The van der Waals surface area contributed by atoms with E-state index in [1.807, 2.05) is 23.5 Å². The highest BCUT2D eigenvalue weighted by Crippen LogP contribution is 2.31. The van der Waals surface area contributed by atoms with Gasteiger partial charge in [0, 0.05) is 24.0 Å². The monoisotopic (exact) mass is 292 g/mol. The highest BCUT2D eigenvalue weighted by molar-refractivity contribution is 7.09. The summed E-state index contributed by atoms with van der Waals surface area (Å²) in [5.41, 5.74) is 7.79. The molecule has 19 heavy (non-hydrogen) atoms. The number of rotatable bonds is 5. The van der Waals surface area contributed by atoms with E-state index in [-0.39, 0.29) is 0 Å². The highest BCUT2D eigenvalue weighted by atomic mass is 35.5. The molecule has 4 heteroatoms. The lowest BCUT2D eigenvalue weighted by atomic mass is 10.2. The van der Waals surface area contributed by atoms with Crippen LogP contribution in [0.5, 0.6) is 0 Å². The summed E-state index contributed by atoms with van der Waals surface area (Å²) in [6.45, 7) is 1.98. The Balaban J connectivity index is 1.72. The summed E-state index contributed by atoms with van der Waals surface area (Å²) < 4.78 is 0. The summed E-state index contributed by atoms with van der Waals surface area (Å²) >= 11 is 7.80. The first-order valence-electron chi connectivity index (χ1n) is 6.53. The van der Waals surface area contributed by atoms with Crippen molar-refractivity contribution in [1.29, 1.82) is 0 Å². The first-order chi connectivity index (χ1) is 9.22. The summed E-state index contributed by atoms with van der Waals surface area (Å²) in [6, 6.07) is 11.0. The normalized spacial score (nSPS) is 15.1. The summed E-state index contributed by atoms with van der Waals surface area (Å²) in [7, 11) is 0. The van der Waals surface area contributed by atoms with Crippen LogP contribution in [-0.2, 0) is 13.1 Å². The average Bonchev–Trinajstić information content (AvgIpc) is 3.12. The minimum Gasteiger partial charge on any atom is -0.398 e. The molecule has 1 aromatic heterocycles. The molecule has 0 spiro atoms. The van der Waals surface area contributed by atoms with Crippen LogP contribution in [0.25, 0.3) is 0 Å². The quantitative estimate of drug-likeness (QED) is 0.839. The van der Waals surface area contributed by atoms with Gasteiger partial charge in [0.1, 0.15) is 0 Å². The van der Waals surface area contributed by atoms with Gasteiger partial charge in [0.2, 0.25) is 0 Å². The van der Waals surface area contributed by atoms with Crippen molar-refractivity contribution >= 4 is 28.6 Å². The highest BCUT2D eigenvalue weighted by Gasteiger charge is 2.29. The molecular weight excluding hydrogens is 276 g/mol. The van der Waals surface area contributed by atoms with Crippen molar-refractivity contribution in [2.75, 3.05) is 5.73 Å². The number of hydrogen-bond acceptors (Lipinski definition) is 3. The Morgan fingerprint density at radius 3 is 2.74 bits per heavy atom. The molecule has 2 N–H and O–H groups in total. The fourth-order valence-corrected chi connectivity index (χ4v) is 3.13. The number of halogens is 1. The molecule has 2 nitrogen and oxygen atoms in total. The Bertz CT molecular complexity index is 549. The molecule has 0 saturated heterocycles. The van der Waals surface area contributed by atoms with Crippen LogP contribution in [0.4, 0.5) is 5.69 Å². The van der Waals surface area contributed by atoms with E-state index in [9.17, 15) is 0 Å². The number of nitrogens with two attached hydrogens (primary N) is 1. The fraction of sp³-hybridized carbons (Fsp3) is 0.333. The van der Waals surface area contributed by atoms with E-state index >= 15 is 0 Å². The maximum absolute atomic E-state index is 5.97. The molecule has 1 aliphatic carbocycles. The van der Waals surface area contributed by atoms with Crippen LogP contribution in [0, 0.1) is 0 Å². The second-order valence-electron chi connectivity index (χ2n) is 5.07. The lowest BCUT2D eigenvalue weighted by molar-refractivity contribution is 0.248. The number of nitrogen functional groups attached to an aromatic ring is 1. The Labute approximate surface area is 122 Å². The molecule has 0 bridgehead atoms. The molecule has 0 amide bonds. The molecular formula is C15H17ClN2S. The van der Waals surface area contributed by atoms with Crippen molar-refractivity contribution in [3.05, 3.63) is 51.2 Å². The molecule has 1 aliphatic rings. The van der Waals surface area contributed by atoms with Crippen LogP contribution in [0.3, 0.4) is 0 Å². The molecule has 100 valence electrons. The first kappa shape index (κ1) is 13.0. The third-order valence-electron chi connectivity index (χ3n) is 3.45. The van der Waals surface area contributed by atoms with Crippen molar-refractivity contribution in [3.63, 3.8) is 0 Å². The van der Waals surface area contributed by atoms with Crippen LogP contribution >= 0.6 is 22.9 Å². The van der Waals surface area contributed by atoms with E-state index in [2.05, 4.69) is 28.5 Å². The summed E-state index contributed by atoms with van der Waals surface area (Å²) in [5, 5.41) is 2.78. The molecule has 0 unspecified atom stereocenters. The average molecular weight is 293 g/mol. The maximum atomic E-state index is 5.97. The minimum absolute atomic E-state index is 0.639. The van der Waals surface area contributed by atoms with Crippen LogP contribution < -0.4 is 5.73 Å². The molecule has 1 heterocycles. The van der Waals surface area contributed by atoms with Gasteiger partial charge in [0.25, 0.3) is 0 Å². The minimum atomic E-state index is 0.639. The zero-order valence-electron chi connectivity index (χ0n) is 10.7. The lowest BCUT2D eigenvalue weighted by Crippen LogP contribution is -2.24. The Kier molecular flexibility index (Phi) is 3.78. The maximum Gasteiger partial charge on any atom is 0.0635 e. The topological polar surface area (TPSA) is 29.3 Å². The molecule has 0 radical (unpaired) electrons. The molecule has 2 aromatic rings. The molecule has 1 saturated carbocycles. The lowest BCUT2D eigenvalue weighted by Gasteiger charge is -2.21. The third kappa shape index (κ3) is 3.30. The molecule has 1 fully saturated rings. The van der Waals surface area contributed by atoms with Gasteiger partial charge < -0.3 is 5.73 Å². The summed E-state index contributed by atoms with van der Waals surface area (Å²) in [4.78, 5) is 3.96. The van der Waals surface area contributed by atoms with Gasteiger partial charge in [-0.2, -0.15) is 0 Å². The number of nitrogens with zero attached hydrogens (tertiary/aromatic N) is 1. The van der Waals surface area contributed by atoms with E-state index in [1.165, 1.54) is 23.3 Å². The van der Waals surface area contributed by atoms with Gasteiger partial charge in [-0.15, -0.1) is 11.3 Å². The number of thiophene rings is 1. The largest absolute Gasteiger partial charge is 0.398 e. The molecule has 0 aliphatic heterocycles. The third-order valence-corrected chi connectivity index (χ3v) is 4.65. The second kappa shape index (κ2) is 5.53. The first-order valence-corrected chi connectivity index (χ1v) is 7.78. The smallest absolute Gasteiger partial charge is 0.0635 e. The van der Waals surface area contributed by atoms with Crippen molar-refractivity contribution in [3.8, 4) is 0 Å². The van der Waals surface area contributed by atoms with E-state index < -0.39 is 0 Å². The fourth-order valence-electron chi connectivity index (χ4n) is 2.28. The summed E-state index contributed by atoms with van der Waals surface area (Å²) in [5.74, 6) is 0. The van der Waals surface area contributed by atoms with Crippen LogP contribution in [0.1, 0.15) is 23.3 Å². The SMILES string of the molecule is Nc1cc(CN(Cc2cccs2)C2CC2)ccc1Cl. The Morgan fingerprint density at radius 2 is 2.11 bits per heavy atom. The van der Waals surface area contributed by atoms with Gasteiger partial charge in [-0.1, -0.05) is 23.7 Å².